The van der Waals surface area contributed by atoms with E-state index in [1.807, 2.05) is 31.2 Å². The Bertz CT molecular complexity index is 414. The average molecular weight is 305 g/mol. The Morgan fingerprint density at radius 1 is 1.09 bits per heavy atom. The normalized spacial score (nSPS) is 12.0. The highest BCUT2D eigenvalue weighted by Gasteiger charge is 2.15. The number of nitrogens with one attached hydrogen (secondary N) is 1. The first-order valence-corrected chi connectivity index (χ1v) is 8.70. The molecule has 1 N–H and O–H groups in total. The number of benzene rings is 1. The summed E-state index contributed by atoms with van der Waals surface area (Å²) in [7, 11) is 0. The van der Waals surface area contributed by atoms with Gasteiger partial charge >= 0.3 is 0 Å². The predicted octanol–water partition coefficient (Wildman–Crippen LogP) is 4.70. The second kappa shape index (κ2) is 11.1. The minimum Gasteiger partial charge on any atom is -0.494 e. The Labute approximate surface area is 135 Å². The summed E-state index contributed by atoms with van der Waals surface area (Å²) in [4.78, 5) is 12.2. The van der Waals surface area contributed by atoms with Crippen molar-refractivity contribution in [3.63, 3.8) is 0 Å². The van der Waals surface area contributed by atoms with E-state index in [1.165, 1.54) is 19.3 Å². The van der Waals surface area contributed by atoms with E-state index in [9.17, 15) is 4.79 Å². The van der Waals surface area contributed by atoms with Crippen molar-refractivity contribution in [3.05, 3.63) is 29.8 Å². The van der Waals surface area contributed by atoms with Crippen LogP contribution in [0, 0.1) is 5.92 Å². The fourth-order valence-electron chi connectivity index (χ4n) is 2.54. The molecule has 0 aliphatic heterocycles. The molecule has 0 aliphatic carbocycles. The van der Waals surface area contributed by atoms with Crippen molar-refractivity contribution in [2.75, 3.05) is 6.61 Å². The Morgan fingerprint density at radius 3 is 2.41 bits per heavy atom. The van der Waals surface area contributed by atoms with Crippen LogP contribution in [-0.4, -0.2) is 12.5 Å². The third kappa shape index (κ3) is 6.97. The van der Waals surface area contributed by atoms with Gasteiger partial charge < -0.3 is 10.1 Å². The molecule has 1 atom stereocenters. The van der Waals surface area contributed by atoms with E-state index in [2.05, 4.69) is 19.2 Å². The van der Waals surface area contributed by atoms with Crippen LogP contribution in [0.5, 0.6) is 5.75 Å². The van der Waals surface area contributed by atoms with Crippen molar-refractivity contribution in [2.24, 2.45) is 5.92 Å². The number of carbonyl (C=O) groups is 1. The molecule has 0 fully saturated rings. The molecule has 22 heavy (non-hydrogen) atoms. The Morgan fingerprint density at radius 2 is 1.82 bits per heavy atom. The van der Waals surface area contributed by atoms with E-state index >= 15 is 0 Å². The standard InChI is InChI=1S/C19H31NO2/c1-4-7-8-9-10-17(5-2)19(21)20-15-16-11-13-18(14-12-16)22-6-3/h11-14,17H,4-10,15H2,1-3H3,(H,20,21). The van der Waals surface area contributed by atoms with Gasteiger partial charge in [0.1, 0.15) is 5.75 Å². The molecule has 1 rings (SSSR count). The minimum absolute atomic E-state index is 0.152. The van der Waals surface area contributed by atoms with Crippen molar-refractivity contribution < 1.29 is 9.53 Å². The number of unbranched alkanes of at least 4 members (excludes halogenated alkanes) is 3. The van der Waals surface area contributed by atoms with Crippen LogP contribution < -0.4 is 10.1 Å². The molecule has 0 aromatic heterocycles. The number of hydrogen-bond acceptors (Lipinski definition) is 2. The van der Waals surface area contributed by atoms with Gasteiger partial charge in [0.2, 0.25) is 5.91 Å². The fourth-order valence-corrected chi connectivity index (χ4v) is 2.54. The third-order valence-electron chi connectivity index (χ3n) is 3.97. The number of amides is 1. The van der Waals surface area contributed by atoms with Gasteiger partial charge in [-0.3, -0.25) is 4.79 Å². The van der Waals surface area contributed by atoms with Gasteiger partial charge in [-0.1, -0.05) is 51.7 Å². The van der Waals surface area contributed by atoms with Gasteiger partial charge in [-0.05, 0) is 37.5 Å². The summed E-state index contributed by atoms with van der Waals surface area (Å²) in [5, 5.41) is 3.06. The highest BCUT2D eigenvalue weighted by Crippen LogP contribution is 2.15. The van der Waals surface area contributed by atoms with Crippen LogP contribution in [0.1, 0.15) is 64.9 Å². The summed E-state index contributed by atoms with van der Waals surface area (Å²) in [6, 6.07) is 7.92. The number of ether oxygens (including phenoxy) is 1. The smallest absolute Gasteiger partial charge is 0.223 e. The Hall–Kier alpha value is -1.51. The lowest BCUT2D eigenvalue weighted by Crippen LogP contribution is -2.30. The molecule has 3 heteroatoms. The largest absolute Gasteiger partial charge is 0.494 e. The van der Waals surface area contributed by atoms with E-state index in [4.69, 9.17) is 4.74 Å². The molecule has 124 valence electrons. The molecule has 1 aromatic carbocycles. The van der Waals surface area contributed by atoms with E-state index in [0.29, 0.717) is 13.2 Å². The molecule has 0 radical (unpaired) electrons. The van der Waals surface area contributed by atoms with E-state index in [0.717, 1.165) is 30.6 Å². The van der Waals surface area contributed by atoms with Gasteiger partial charge in [-0.15, -0.1) is 0 Å². The average Bonchev–Trinajstić information content (AvgIpc) is 2.54. The van der Waals surface area contributed by atoms with Crippen molar-refractivity contribution in [3.8, 4) is 5.75 Å². The lowest BCUT2D eigenvalue weighted by molar-refractivity contribution is -0.125. The number of hydrogen-bond donors (Lipinski definition) is 1. The number of rotatable bonds is 11. The highest BCUT2D eigenvalue weighted by molar-refractivity contribution is 5.78. The first-order valence-electron chi connectivity index (χ1n) is 8.70. The van der Waals surface area contributed by atoms with Crippen LogP contribution >= 0.6 is 0 Å². The molecule has 1 aromatic rings. The summed E-state index contributed by atoms with van der Waals surface area (Å²) < 4.78 is 5.42. The maximum atomic E-state index is 12.2. The molecule has 1 unspecified atom stereocenters. The molecule has 3 nitrogen and oxygen atoms in total. The molecular weight excluding hydrogens is 274 g/mol. The molecule has 0 aliphatic rings. The summed E-state index contributed by atoms with van der Waals surface area (Å²) >= 11 is 0. The van der Waals surface area contributed by atoms with Gasteiger partial charge in [0.05, 0.1) is 6.61 Å². The third-order valence-corrected chi connectivity index (χ3v) is 3.97. The molecule has 0 saturated heterocycles. The zero-order chi connectivity index (χ0) is 16.2. The van der Waals surface area contributed by atoms with E-state index < -0.39 is 0 Å². The first kappa shape index (κ1) is 18.5. The maximum absolute atomic E-state index is 12.2. The van der Waals surface area contributed by atoms with Crippen molar-refractivity contribution in [2.45, 2.75) is 65.8 Å². The van der Waals surface area contributed by atoms with Crippen LogP contribution in [0.4, 0.5) is 0 Å². The molecule has 0 spiro atoms. The van der Waals surface area contributed by atoms with E-state index in [-0.39, 0.29) is 11.8 Å². The molecule has 0 heterocycles. The molecular formula is C19H31NO2. The highest BCUT2D eigenvalue weighted by atomic mass is 16.5. The Kier molecular flexibility index (Phi) is 9.36. The van der Waals surface area contributed by atoms with Crippen molar-refractivity contribution in [1.82, 2.24) is 5.32 Å². The van der Waals surface area contributed by atoms with Gasteiger partial charge in [0.15, 0.2) is 0 Å². The number of carbonyl (C=O) groups excluding carboxylic acids is 1. The summed E-state index contributed by atoms with van der Waals surface area (Å²) in [6.45, 7) is 7.55. The van der Waals surface area contributed by atoms with Crippen molar-refractivity contribution in [1.29, 1.82) is 0 Å². The molecule has 0 saturated carbocycles. The SMILES string of the molecule is CCCCCCC(CC)C(=O)NCc1ccc(OCC)cc1. The zero-order valence-corrected chi connectivity index (χ0v) is 14.4. The van der Waals surface area contributed by atoms with Crippen LogP contribution in [0.3, 0.4) is 0 Å². The van der Waals surface area contributed by atoms with Gasteiger partial charge in [0.25, 0.3) is 0 Å². The summed E-state index contributed by atoms with van der Waals surface area (Å²) in [5.41, 5.74) is 1.11. The monoisotopic (exact) mass is 305 g/mol. The minimum atomic E-state index is 0.152. The van der Waals surface area contributed by atoms with Crippen LogP contribution in [-0.2, 0) is 11.3 Å². The zero-order valence-electron chi connectivity index (χ0n) is 14.4. The van der Waals surface area contributed by atoms with Crippen molar-refractivity contribution >= 4 is 5.91 Å². The van der Waals surface area contributed by atoms with Crippen LogP contribution in [0.15, 0.2) is 24.3 Å². The second-order valence-corrected chi connectivity index (χ2v) is 5.75. The van der Waals surface area contributed by atoms with Crippen LogP contribution in [0.2, 0.25) is 0 Å². The summed E-state index contributed by atoms with van der Waals surface area (Å²) in [5.74, 6) is 1.22. The topological polar surface area (TPSA) is 38.3 Å². The maximum Gasteiger partial charge on any atom is 0.223 e. The van der Waals surface area contributed by atoms with Gasteiger partial charge in [0, 0.05) is 12.5 Å². The van der Waals surface area contributed by atoms with Gasteiger partial charge in [-0.2, -0.15) is 0 Å². The van der Waals surface area contributed by atoms with E-state index in [1.54, 1.807) is 0 Å². The predicted molar refractivity (Wildman–Crippen MR) is 92.0 cm³/mol. The second-order valence-electron chi connectivity index (χ2n) is 5.75. The fraction of sp³-hybridized carbons (Fsp3) is 0.632. The lowest BCUT2D eigenvalue weighted by atomic mass is 9.97. The van der Waals surface area contributed by atoms with Crippen LogP contribution in [0.25, 0.3) is 0 Å². The van der Waals surface area contributed by atoms with Gasteiger partial charge in [-0.25, -0.2) is 0 Å². The summed E-state index contributed by atoms with van der Waals surface area (Å²) in [6.07, 6.45) is 6.82. The Balaban J connectivity index is 2.35. The first-order chi connectivity index (χ1) is 10.7. The quantitative estimate of drug-likeness (QED) is 0.602. The molecule has 0 bridgehead atoms. The lowest BCUT2D eigenvalue weighted by Gasteiger charge is -2.15. The molecule has 1 amide bonds.